The summed E-state index contributed by atoms with van der Waals surface area (Å²) in [5, 5.41) is 14.1. The number of nitrogens with one attached hydrogen (secondary N) is 1. The molecule has 5 rings (SSSR count). The van der Waals surface area contributed by atoms with Gasteiger partial charge in [-0.3, -0.25) is 19.8 Å². The van der Waals surface area contributed by atoms with Crippen molar-refractivity contribution in [3.63, 3.8) is 0 Å². The summed E-state index contributed by atoms with van der Waals surface area (Å²) in [4.78, 5) is 45.5. The van der Waals surface area contributed by atoms with Crippen LogP contribution in [0, 0.1) is 10.1 Å². The maximum Gasteiger partial charge on any atom is 0.414 e. The Morgan fingerprint density at radius 3 is 2.26 bits per heavy atom. The third kappa shape index (κ3) is 5.84. The van der Waals surface area contributed by atoms with Gasteiger partial charge in [0.1, 0.15) is 18.1 Å². The van der Waals surface area contributed by atoms with Crippen LogP contribution in [0.2, 0.25) is 10.0 Å². The molecule has 3 heterocycles. The van der Waals surface area contributed by atoms with Crippen molar-refractivity contribution in [1.82, 2.24) is 10.3 Å². The number of nitro groups is 1. The minimum Gasteiger partial charge on any atom is -0.442 e. The Labute approximate surface area is 234 Å². The summed E-state index contributed by atoms with van der Waals surface area (Å²) in [6, 6.07) is 15.6. The number of pyridine rings is 1. The monoisotopic (exact) mass is 570 g/mol. The van der Waals surface area contributed by atoms with Crippen molar-refractivity contribution in [2.45, 2.75) is 6.10 Å². The van der Waals surface area contributed by atoms with Crippen LogP contribution in [0.4, 0.5) is 27.7 Å². The van der Waals surface area contributed by atoms with Crippen LogP contribution in [0.1, 0.15) is 10.4 Å². The van der Waals surface area contributed by atoms with Crippen molar-refractivity contribution in [1.29, 1.82) is 0 Å². The molecule has 2 saturated heterocycles. The van der Waals surface area contributed by atoms with E-state index >= 15 is 0 Å². The average molecular weight is 571 g/mol. The van der Waals surface area contributed by atoms with E-state index in [1.807, 2.05) is 24.3 Å². The fourth-order valence-corrected chi connectivity index (χ4v) is 5.13. The number of cyclic esters (lactones) is 1. The third-order valence-corrected chi connectivity index (χ3v) is 7.26. The van der Waals surface area contributed by atoms with E-state index in [0.29, 0.717) is 11.5 Å². The lowest BCUT2D eigenvalue weighted by Gasteiger charge is -2.36. The molecule has 0 spiro atoms. The number of piperazine rings is 1. The number of ether oxygens (including phenoxy) is 1. The van der Waals surface area contributed by atoms with Gasteiger partial charge in [0.15, 0.2) is 0 Å². The smallest absolute Gasteiger partial charge is 0.414 e. The number of anilines is 3. The highest BCUT2D eigenvalue weighted by Crippen LogP contribution is 2.27. The molecule has 3 aromatic rings. The van der Waals surface area contributed by atoms with Gasteiger partial charge in [-0.15, -0.1) is 0 Å². The summed E-state index contributed by atoms with van der Waals surface area (Å²) in [6.07, 6.45) is 0.266. The molecule has 0 saturated carbocycles. The Kier molecular flexibility index (Phi) is 7.71. The number of amides is 2. The van der Waals surface area contributed by atoms with Crippen molar-refractivity contribution in [3.8, 4) is 0 Å². The van der Waals surface area contributed by atoms with Gasteiger partial charge in [-0.1, -0.05) is 29.3 Å². The zero-order chi connectivity index (χ0) is 27.5. The Morgan fingerprint density at radius 1 is 1.00 bits per heavy atom. The van der Waals surface area contributed by atoms with Gasteiger partial charge in [-0.05, 0) is 42.5 Å². The van der Waals surface area contributed by atoms with E-state index in [4.69, 9.17) is 27.9 Å². The van der Waals surface area contributed by atoms with E-state index in [9.17, 15) is 19.7 Å². The third-order valence-electron chi connectivity index (χ3n) is 6.63. The number of nitrogens with zero attached hydrogens (tertiary/aromatic N) is 5. The molecule has 0 bridgehead atoms. The zero-order valence-corrected chi connectivity index (χ0v) is 22.1. The molecule has 2 fully saturated rings. The first-order chi connectivity index (χ1) is 18.8. The molecule has 1 atom stereocenters. The van der Waals surface area contributed by atoms with Gasteiger partial charge in [-0.2, -0.15) is 0 Å². The first kappa shape index (κ1) is 26.5. The topological polar surface area (TPSA) is 121 Å². The van der Waals surface area contributed by atoms with Gasteiger partial charge in [0.25, 0.3) is 11.6 Å². The first-order valence-electron chi connectivity index (χ1n) is 12.2. The Balaban J connectivity index is 1.14. The minimum absolute atomic E-state index is 0.0301. The molecule has 2 aliphatic heterocycles. The van der Waals surface area contributed by atoms with Crippen LogP contribution in [-0.2, 0) is 4.74 Å². The van der Waals surface area contributed by atoms with E-state index in [0.717, 1.165) is 31.9 Å². The van der Waals surface area contributed by atoms with E-state index in [2.05, 4.69) is 20.1 Å². The second-order valence-electron chi connectivity index (χ2n) is 9.05. The molecule has 0 aliphatic carbocycles. The minimum atomic E-state index is -0.525. The molecule has 1 N–H and O–H groups in total. The average Bonchev–Trinajstić information content (AvgIpc) is 3.32. The number of benzene rings is 2. The molecule has 2 aromatic carbocycles. The molecule has 1 aromatic heterocycles. The highest BCUT2D eigenvalue weighted by atomic mass is 35.5. The number of halogens is 2. The number of aromatic nitrogens is 1. The largest absolute Gasteiger partial charge is 0.442 e. The van der Waals surface area contributed by atoms with Gasteiger partial charge in [0.2, 0.25) is 0 Å². The van der Waals surface area contributed by atoms with E-state index in [-0.39, 0.29) is 34.4 Å². The van der Waals surface area contributed by atoms with E-state index in [1.165, 1.54) is 17.2 Å². The second-order valence-corrected chi connectivity index (χ2v) is 9.86. The molecule has 2 amide bonds. The van der Waals surface area contributed by atoms with Crippen molar-refractivity contribution >= 4 is 58.1 Å². The maximum atomic E-state index is 12.5. The Morgan fingerprint density at radius 2 is 1.64 bits per heavy atom. The predicted octanol–water partition coefficient (Wildman–Crippen LogP) is 4.38. The van der Waals surface area contributed by atoms with Crippen LogP contribution in [0.25, 0.3) is 0 Å². The van der Waals surface area contributed by atoms with Gasteiger partial charge in [-0.25, -0.2) is 9.78 Å². The lowest BCUT2D eigenvalue weighted by molar-refractivity contribution is -0.385. The summed E-state index contributed by atoms with van der Waals surface area (Å²) < 4.78 is 5.44. The maximum absolute atomic E-state index is 12.5. The quantitative estimate of drug-likeness (QED) is 0.328. The molecule has 11 nitrogen and oxygen atoms in total. The van der Waals surface area contributed by atoms with Crippen LogP contribution in [0.15, 0.2) is 60.8 Å². The molecule has 1 unspecified atom stereocenters. The van der Waals surface area contributed by atoms with Gasteiger partial charge in [0.05, 0.1) is 33.6 Å². The fraction of sp³-hybridized carbons (Fsp3) is 0.269. The molecular weight excluding hydrogens is 547 g/mol. The predicted molar refractivity (Wildman–Crippen MR) is 148 cm³/mol. The van der Waals surface area contributed by atoms with Crippen LogP contribution in [0.5, 0.6) is 0 Å². The van der Waals surface area contributed by atoms with Crippen LogP contribution in [-0.4, -0.2) is 67.3 Å². The van der Waals surface area contributed by atoms with Crippen molar-refractivity contribution in [3.05, 3.63) is 86.5 Å². The molecule has 0 radical (unpaired) electrons. The highest BCUT2D eigenvalue weighted by Gasteiger charge is 2.33. The molecule has 202 valence electrons. The molecule has 13 heteroatoms. The van der Waals surface area contributed by atoms with Crippen LogP contribution in [0.3, 0.4) is 0 Å². The molecular formula is C26H24Cl2N6O5. The first-order valence-corrected chi connectivity index (χ1v) is 13.0. The summed E-state index contributed by atoms with van der Waals surface area (Å²) in [7, 11) is 0. The second kappa shape index (κ2) is 11.3. The van der Waals surface area contributed by atoms with Crippen LogP contribution >= 0.6 is 23.2 Å². The number of hydrogen-bond acceptors (Lipinski definition) is 8. The van der Waals surface area contributed by atoms with Gasteiger partial charge in [0, 0.05) is 43.6 Å². The normalized spacial score (nSPS) is 17.2. The Bertz CT molecular complexity index is 1360. The summed E-state index contributed by atoms with van der Waals surface area (Å²) in [5.74, 6) is 0.276. The highest BCUT2D eigenvalue weighted by molar-refractivity contribution is 6.39. The standard InChI is InChI=1S/C26H24Cl2N6O5/c27-21-2-1-3-22(28)24(21)25(35)30-15-20-16-33(26(36)39-20)18-6-4-17(5-7-18)31-10-12-32(13-11-31)23-9-8-19(14-29-23)34(37)38/h1-9,14,20H,10-13,15-16H2,(H,30,35). The number of carbonyl (C=O) groups is 2. The summed E-state index contributed by atoms with van der Waals surface area (Å²) in [6.45, 7) is 3.35. The zero-order valence-electron chi connectivity index (χ0n) is 20.6. The summed E-state index contributed by atoms with van der Waals surface area (Å²) in [5.41, 5.74) is 1.86. The summed E-state index contributed by atoms with van der Waals surface area (Å²) >= 11 is 12.2. The lowest BCUT2D eigenvalue weighted by atomic mass is 10.2. The SMILES string of the molecule is O=C(NCC1CN(c2ccc(N3CCN(c4ccc([N+](=O)[O-])cn4)CC3)cc2)C(=O)O1)c1c(Cl)cccc1Cl. The number of hydrogen-bond donors (Lipinski definition) is 1. The van der Waals surface area contributed by atoms with Crippen molar-refractivity contribution in [2.24, 2.45) is 0 Å². The van der Waals surface area contributed by atoms with Crippen molar-refractivity contribution in [2.75, 3.05) is 54.0 Å². The van der Waals surface area contributed by atoms with Gasteiger partial charge < -0.3 is 19.9 Å². The number of rotatable bonds is 7. The lowest BCUT2D eigenvalue weighted by Crippen LogP contribution is -2.46. The number of carbonyl (C=O) groups excluding carboxylic acids is 2. The van der Waals surface area contributed by atoms with E-state index < -0.39 is 23.0 Å². The van der Waals surface area contributed by atoms with Crippen molar-refractivity contribution < 1.29 is 19.2 Å². The van der Waals surface area contributed by atoms with Gasteiger partial charge >= 0.3 is 6.09 Å². The fourth-order valence-electron chi connectivity index (χ4n) is 4.56. The van der Waals surface area contributed by atoms with Crippen LogP contribution < -0.4 is 20.0 Å². The molecule has 2 aliphatic rings. The van der Waals surface area contributed by atoms with E-state index in [1.54, 1.807) is 24.3 Å². The Hall–Kier alpha value is -4.09. The molecule has 39 heavy (non-hydrogen) atoms.